The first-order valence-electron chi connectivity index (χ1n) is 7.08. The van der Waals surface area contributed by atoms with Crippen LogP contribution in [0.1, 0.15) is 22.8 Å². The number of aryl methyl sites for hydroxylation is 2. The molecule has 0 saturated heterocycles. The van der Waals surface area contributed by atoms with Crippen LogP contribution in [0.2, 0.25) is 0 Å². The number of hydrogen-bond donors (Lipinski definition) is 2. The molecule has 2 aromatic rings. The van der Waals surface area contributed by atoms with Crippen LogP contribution in [0.15, 0.2) is 39.7 Å². The van der Waals surface area contributed by atoms with Crippen molar-refractivity contribution in [1.29, 1.82) is 0 Å². The molecule has 2 rings (SSSR count). The summed E-state index contributed by atoms with van der Waals surface area (Å²) < 4.78 is 2.30. The SMILES string of the molecule is CCONC(=O)c1cn(C)c(=O)cc1Nc1ccc(Br)cc1C. The lowest BCUT2D eigenvalue weighted by Crippen LogP contribution is -2.27. The summed E-state index contributed by atoms with van der Waals surface area (Å²) in [6.07, 6.45) is 1.48. The van der Waals surface area contributed by atoms with Gasteiger partial charge in [0.15, 0.2) is 0 Å². The Hall–Kier alpha value is -2.12. The van der Waals surface area contributed by atoms with Crippen LogP contribution in [0, 0.1) is 6.92 Å². The Morgan fingerprint density at radius 1 is 1.30 bits per heavy atom. The van der Waals surface area contributed by atoms with Gasteiger partial charge in [0, 0.05) is 29.5 Å². The first-order valence-corrected chi connectivity index (χ1v) is 7.87. The molecule has 6 nitrogen and oxygen atoms in total. The summed E-state index contributed by atoms with van der Waals surface area (Å²) in [7, 11) is 1.59. The van der Waals surface area contributed by atoms with Crippen molar-refractivity contribution in [3.8, 4) is 0 Å². The second kappa shape index (κ2) is 7.43. The van der Waals surface area contributed by atoms with Crippen molar-refractivity contribution in [3.63, 3.8) is 0 Å². The number of halogens is 1. The number of pyridine rings is 1. The third kappa shape index (κ3) is 4.20. The minimum Gasteiger partial charge on any atom is -0.354 e. The number of anilines is 2. The second-order valence-corrected chi connectivity index (χ2v) is 5.91. The minimum absolute atomic E-state index is 0.213. The second-order valence-electron chi connectivity index (χ2n) is 5.00. The van der Waals surface area contributed by atoms with Crippen LogP contribution in [0.25, 0.3) is 0 Å². The van der Waals surface area contributed by atoms with Crippen molar-refractivity contribution in [2.24, 2.45) is 7.05 Å². The molecule has 0 aliphatic heterocycles. The molecule has 0 spiro atoms. The van der Waals surface area contributed by atoms with Gasteiger partial charge in [-0.15, -0.1) is 0 Å². The Kier molecular flexibility index (Phi) is 5.57. The van der Waals surface area contributed by atoms with Crippen LogP contribution < -0.4 is 16.4 Å². The summed E-state index contributed by atoms with van der Waals surface area (Å²) in [6.45, 7) is 4.06. The Morgan fingerprint density at radius 2 is 2.04 bits per heavy atom. The fourth-order valence-electron chi connectivity index (χ4n) is 2.02. The van der Waals surface area contributed by atoms with E-state index in [0.717, 1.165) is 15.7 Å². The van der Waals surface area contributed by atoms with E-state index in [9.17, 15) is 9.59 Å². The van der Waals surface area contributed by atoms with Crippen LogP contribution >= 0.6 is 15.9 Å². The predicted octanol–water partition coefficient (Wildman–Crippen LogP) is 2.88. The van der Waals surface area contributed by atoms with Crippen LogP contribution in [0.3, 0.4) is 0 Å². The highest BCUT2D eigenvalue weighted by molar-refractivity contribution is 9.10. The molecule has 1 amide bonds. The molecule has 122 valence electrons. The third-order valence-corrected chi connectivity index (χ3v) is 3.73. The molecule has 1 aromatic carbocycles. The van der Waals surface area contributed by atoms with E-state index in [1.165, 1.54) is 16.8 Å². The smallest absolute Gasteiger partial charge is 0.278 e. The lowest BCUT2D eigenvalue weighted by atomic mass is 10.1. The molecule has 0 aliphatic carbocycles. The molecule has 0 radical (unpaired) electrons. The third-order valence-electron chi connectivity index (χ3n) is 3.24. The van der Waals surface area contributed by atoms with Crippen molar-refractivity contribution < 1.29 is 9.63 Å². The molecule has 7 heteroatoms. The standard InChI is InChI=1S/C16H18BrN3O3/c1-4-23-19-16(22)12-9-20(3)15(21)8-14(12)18-13-6-5-11(17)7-10(13)2/h5-9,18H,4H2,1-3H3,(H,19,22). The van der Waals surface area contributed by atoms with Crippen molar-refractivity contribution in [2.75, 3.05) is 11.9 Å². The van der Waals surface area contributed by atoms with Gasteiger partial charge in [-0.25, -0.2) is 5.48 Å². The van der Waals surface area contributed by atoms with E-state index < -0.39 is 5.91 Å². The van der Waals surface area contributed by atoms with E-state index in [0.29, 0.717) is 17.9 Å². The quantitative estimate of drug-likeness (QED) is 0.783. The number of benzene rings is 1. The van der Waals surface area contributed by atoms with E-state index in [1.54, 1.807) is 14.0 Å². The van der Waals surface area contributed by atoms with Crippen molar-refractivity contribution in [2.45, 2.75) is 13.8 Å². The number of carbonyl (C=O) groups is 1. The van der Waals surface area contributed by atoms with Gasteiger partial charge in [-0.3, -0.25) is 14.4 Å². The first-order chi connectivity index (χ1) is 10.9. The minimum atomic E-state index is -0.417. The van der Waals surface area contributed by atoms with Crippen molar-refractivity contribution >= 4 is 33.2 Å². The van der Waals surface area contributed by atoms with Crippen LogP contribution in [-0.4, -0.2) is 17.1 Å². The summed E-state index contributed by atoms with van der Waals surface area (Å²) >= 11 is 3.41. The topological polar surface area (TPSA) is 72.4 Å². The van der Waals surface area contributed by atoms with E-state index in [-0.39, 0.29) is 5.56 Å². The number of hydrogen-bond acceptors (Lipinski definition) is 4. The molecule has 0 unspecified atom stereocenters. The van der Waals surface area contributed by atoms with Gasteiger partial charge in [0.1, 0.15) is 0 Å². The molecule has 0 fully saturated rings. The fourth-order valence-corrected chi connectivity index (χ4v) is 2.49. The maximum atomic E-state index is 12.2. The largest absolute Gasteiger partial charge is 0.354 e. The van der Waals surface area contributed by atoms with Crippen molar-refractivity contribution in [1.82, 2.24) is 10.0 Å². The average molecular weight is 380 g/mol. The van der Waals surface area contributed by atoms with Gasteiger partial charge >= 0.3 is 0 Å². The molecule has 0 bridgehead atoms. The Balaban J connectivity index is 2.41. The zero-order chi connectivity index (χ0) is 17.0. The van der Waals surface area contributed by atoms with E-state index in [2.05, 4.69) is 26.7 Å². The van der Waals surface area contributed by atoms with Gasteiger partial charge in [-0.2, -0.15) is 0 Å². The van der Waals surface area contributed by atoms with Crippen LogP contribution in [0.5, 0.6) is 0 Å². The molecule has 2 N–H and O–H groups in total. The van der Waals surface area contributed by atoms with E-state index in [4.69, 9.17) is 4.84 Å². The normalized spacial score (nSPS) is 10.4. The lowest BCUT2D eigenvalue weighted by molar-refractivity contribution is 0.0364. The highest BCUT2D eigenvalue weighted by atomic mass is 79.9. The maximum Gasteiger partial charge on any atom is 0.278 e. The molecule has 1 heterocycles. The summed E-state index contributed by atoms with van der Waals surface area (Å²) in [5, 5.41) is 3.14. The van der Waals surface area contributed by atoms with Gasteiger partial charge in [0.25, 0.3) is 11.5 Å². The molecular weight excluding hydrogens is 362 g/mol. The first kappa shape index (κ1) is 17.2. The number of nitrogens with one attached hydrogen (secondary N) is 2. The van der Waals surface area contributed by atoms with Gasteiger partial charge < -0.3 is 9.88 Å². The molecule has 1 aromatic heterocycles. The zero-order valence-electron chi connectivity index (χ0n) is 13.1. The predicted molar refractivity (Wildman–Crippen MR) is 92.9 cm³/mol. The number of carbonyl (C=O) groups excluding carboxylic acids is 1. The van der Waals surface area contributed by atoms with Crippen molar-refractivity contribution in [3.05, 3.63) is 56.4 Å². The highest BCUT2D eigenvalue weighted by Gasteiger charge is 2.14. The molecule has 0 saturated carbocycles. The fraction of sp³-hybridized carbons (Fsp3) is 0.250. The average Bonchev–Trinajstić information content (AvgIpc) is 2.50. The number of amides is 1. The molecule has 0 aliphatic rings. The van der Waals surface area contributed by atoms with E-state index >= 15 is 0 Å². The highest BCUT2D eigenvalue weighted by Crippen LogP contribution is 2.25. The number of rotatable bonds is 5. The lowest BCUT2D eigenvalue weighted by Gasteiger charge is -2.14. The number of nitrogens with zero attached hydrogens (tertiary/aromatic N) is 1. The summed E-state index contributed by atoms with van der Waals surface area (Å²) in [6, 6.07) is 7.10. The molecule has 0 atom stereocenters. The summed E-state index contributed by atoms with van der Waals surface area (Å²) in [4.78, 5) is 29.1. The van der Waals surface area contributed by atoms with Gasteiger partial charge in [-0.1, -0.05) is 15.9 Å². The van der Waals surface area contributed by atoms with E-state index in [1.807, 2.05) is 25.1 Å². The Bertz CT molecular complexity index is 787. The maximum absolute atomic E-state index is 12.2. The summed E-state index contributed by atoms with van der Waals surface area (Å²) in [5.41, 5.74) is 4.67. The Labute approximate surface area is 142 Å². The van der Waals surface area contributed by atoms with Gasteiger partial charge in [0.2, 0.25) is 0 Å². The van der Waals surface area contributed by atoms with Gasteiger partial charge in [-0.05, 0) is 37.6 Å². The number of aromatic nitrogens is 1. The zero-order valence-corrected chi connectivity index (χ0v) is 14.7. The summed E-state index contributed by atoms with van der Waals surface area (Å²) in [5.74, 6) is -0.417. The molecular formula is C16H18BrN3O3. The monoisotopic (exact) mass is 379 g/mol. The number of hydroxylamine groups is 1. The van der Waals surface area contributed by atoms with Crippen LogP contribution in [-0.2, 0) is 11.9 Å². The Morgan fingerprint density at radius 3 is 2.70 bits per heavy atom. The van der Waals surface area contributed by atoms with Gasteiger partial charge in [0.05, 0.1) is 17.9 Å². The van der Waals surface area contributed by atoms with Crippen LogP contribution in [0.4, 0.5) is 11.4 Å². The molecule has 23 heavy (non-hydrogen) atoms.